The molecule has 0 saturated carbocycles. The minimum absolute atomic E-state index is 0.158. The molecule has 0 radical (unpaired) electrons. The number of amides is 3. The minimum atomic E-state index is -4.64. The first kappa shape index (κ1) is 28.9. The maximum atomic E-state index is 13.8. The van der Waals surface area contributed by atoms with Gasteiger partial charge < -0.3 is 25.0 Å². The molecule has 5 rings (SSSR count). The van der Waals surface area contributed by atoms with Crippen molar-refractivity contribution in [1.82, 2.24) is 9.97 Å². The zero-order valence-corrected chi connectivity index (χ0v) is 23.3. The number of hydrogen-bond acceptors (Lipinski definition) is 8. The van der Waals surface area contributed by atoms with Crippen LogP contribution in [0.3, 0.4) is 0 Å². The smallest absolute Gasteiger partial charge is 0.416 e. The molecular weight excluding hydrogens is 555 g/mol. The number of nitrogens with zero attached hydrogens (tertiary/aromatic N) is 5. The number of carbonyl (C=O) groups excluding carboxylic acids is 2. The highest BCUT2D eigenvalue weighted by Crippen LogP contribution is 2.36. The third kappa shape index (κ3) is 5.88. The second-order valence-corrected chi connectivity index (χ2v) is 9.65. The van der Waals surface area contributed by atoms with Crippen molar-refractivity contribution in [2.24, 2.45) is 0 Å². The number of rotatable bonds is 7. The molecule has 1 saturated heterocycles. The number of ether oxygens (including phenoxy) is 2. The number of hydrogen-bond donors (Lipinski definition) is 2. The summed E-state index contributed by atoms with van der Waals surface area (Å²) in [6.45, 7) is 3.90. The highest BCUT2D eigenvalue weighted by Gasteiger charge is 2.34. The van der Waals surface area contributed by atoms with Crippen molar-refractivity contribution in [2.45, 2.75) is 19.6 Å². The molecule has 0 atom stereocenters. The molecule has 2 N–H and O–H groups in total. The molecule has 1 aromatic heterocycles. The van der Waals surface area contributed by atoms with Crippen LogP contribution < -0.4 is 30.1 Å². The predicted octanol–water partition coefficient (Wildman–Crippen LogP) is 4.60. The second kappa shape index (κ2) is 11.7. The molecule has 0 aliphatic carbocycles. The zero-order chi connectivity index (χ0) is 30.0. The summed E-state index contributed by atoms with van der Waals surface area (Å²) in [6.07, 6.45) is -3.01. The highest BCUT2D eigenvalue weighted by atomic mass is 19.4. The van der Waals surface area contributed by atoms with Gasteiger partial charge in [-0.25, -0.2) is 9.78 Å². The fourth-order valence-electron chi connectivity index (χ4n) is 4.87. The van der Waals surface area contributed by atoms with Crippen molar-refractivity contribution in [3.05, 3.63) is 59.3 Å². The molecule has 11 nitrogen and oxygen atoms in total. The number of anilines is 5. The van der Waals surface area contributed by atoms with Crippen LogP contribution in [0.2, 0.25) is 0 Å². The van der Waals surface area contributed by atoms with Crippen molar-refractivity contribution >= 4 is 40.8 Å². The van der Waals surface area contributed by atoms with E-state index in [4.69, 9.17) is 9.47 Å². The number of urea groups is 1. The fourth-order valence-corrected chi connectivity index (χ4v) is 4.87. The SMILES string of the molecule is CCN1C(=O)N(c2cc(NC(=O)c3cc(N4CCOCC4)cc(C(F)(F)F)c3)cc(OC)c2)Cc2cnc(NC)nc21. The standard InChI is InChI=1S/C28H30F3N7O4/c1-4-37-24-18(15-33-26(32-2)35-24)16-38(27(37)40)22-12-20(13-23(14-22)41-3)34-25(39)17-9-19(28(29,30)31)11-21(10-17)36-5-7-42-8-6-36/h9-15H,4-8,16H2,1-3H3,(H,34,39)(H,32,33,35). The molecule has 0 unspecified atom stereocenters. The summed E-state index contributed by atoms with van der Waals surface area (Å²) in [6, 6.07) is 7.68. The quantitative estimate of drug-likeness (QED) is 0.414. The number of carbonyl (C=O) groups is 2. The second-order valence-electron chi connectivity index (χ2n) is 9.65. The van der Waals surface area contributed by atoms with Crippen LogP contribution in [0.1, 0.15) is 28.4 Å². The molecule has 3 aromatic rings. The van der Waals surface area contributed by atoms with E-state index < -0.39 is 17.6 Å². The lowest BCUT2D eigenvalue weighted by Gasteiger charge is -2.35. The van der Waals surface area contributed by atoms with Gasteiger partial charge in [0.15, 0.2) is 0 Å². The predicted molar refractivity (Wildman–Crippen MR) is 152 cm³/mol. The van der Waals surface area contributed by atoms with Gasteiger partial charge in [0, 0.05) is 67.5 Å². The Kier molecular flexibility index (Phi) is 8.07. The third-order valence-electron chi connectivity index (χ3n) is 7.01. The molecule has 42 heavy (non-hydrogen) atoms. The largest absolute Gasteiger partial charge is 0.497 e. The average Bonchev–Trinajstić information content (AvgIpc) is 3.00. The van der Waals surface area contributed by atoms with Crippen molar-refractivity contribution in [3.8, 4) is 5.75 Å². The molecule has 0 spiro atoms. The molecule has 14 heteroatoms. The molecule has 2 aliphatic heterocycles. The topological polar surface area (TPSA) is 112 Å². The van der Waals surface area contributed by atoms with Crippen molar-refractivity contribution in [3.63, 3.8) is 0 Å². The number of fused-ring (bicyclic) bond motifs is 1. The molecule has 3 amide bonds. The molecule has 2 aromatic carbocycles. The summed E-state index contributed by atoms with van der Waals surface area (Å²) in [5.74, 6) is 0.471. The first-order valence-corrected chi connectivity index (χ1v) is 13.3. The highest BCUT2D eigenvalue weighted by molar-refractivity contribution is 6.07. The summed E-state index contributed by atoms with van der Waals surface area (Å²) in [7, 11) is 3.12. The maximum Gasteiger partial charge on any atom is 0.416 e. The number of benzene rings is 2. The van der Waals surface area contributed by atoms with Gasteiger partial charge in [-0.05, 0) is 31.2 Å². The molecule has 222 valence electrons. The Labute approximate surface area is 240 Å². The van der Waals surface area contributed by atoms with E-state index in [-0.39, 0.29) is 29.5 Å². The van der Waals surface area contributed by atoms with Crippen LogP contribution in [0.25, 0.3) is 0 Å². The Morgan fingerprint density at radius 1 is 1.10 bits per heavy atom. The van der Waals surface area contributed by atoms with Gasteiger partial charge in [0.2, 0.25) is 5.95 Å². The van der Waals surface area contributed by atoms with Gasteiger partial charge in [0.25, 0.3) is 5.91 Å². The summed E-state index contributed by atoms with van der Waals surface area (Å²) in [4.78, 5) is 40.3. The zero-order valence-electron chi connectivity index (χ0n) is 23.3. The Hall–Kier alpha value is -4.59. The van der Waals surface area contributed by atoms with Gasteiger partial charge in [-0.1, -0.05) is 0 Å². The van der Waals surface area contributed by atoms with Gasteiger partial charge in [-0.2, -0.15) is 18.2 Å². The molecular formula is C28H30F3N7O4. The van der Waals surface area contributed by atoms with E-state index >= 15 is 0 Å². The van der Waals surface area contributed by atoms with E-state index in [9.17, 15) is 22.8 Å². The molecule has 2 aliphatic rings. The van der Waals surface area contributed by atoms with Crippen LogP contribution >= 0.6 is 0 Å². The molecule has 0 bridgehead atoms. The fraction of sp³-hybridized carbons (Fsp3) is 0.357. The van der Waals surface area contributed by atoms with Gasteiger partial charge in [-0.15, -0.1) is 0 Å². The lowest BCUT2D eigenvalue weighted by molar-refractivity contribution is -0.137. The number of nitrogens with one attached hydrogen (secondary N) is 2. The number of aromatic nitrogens is 2. The van der Waals surface area contributed by atoms with Crippen LogP contribution in [-0.2, 0) is 17.5 Å². The van der Waals surface area contributed by atoms with Crippen molar-refractivity contribution in [1.29, 1.82) is 0 Å². The summed E-state index contributed by atoms with van der Waals surface area (Å²) in [5.41, 5.74) is 0.559. The average molecular weight is 586 g/mol. The Balaban J connectivity index is 1.46. The Morgan fingerprint density at radius 2 is 1.86 bits per heavy atom. The van der Waals surface area contributed by atoms with E-state index in [1.54, 1.807) is 30.3 Å². The number of halogens is 3. The van der Waals surface area contributed by atoms with E-state index in [1.807, 2.05) is 6.92 Å². The van der Waals surface area contributed by atoms with Gasteiger partial charge in [0.1, 0.15) is 11.6 Å². The van der Waals surface area contributed by atoms with E-state index in [2.05, 4.69) is 20.6 Å². The van der Waals surface area contributed by atoms with E-state index in [0.29, 0.717) is 61.6 Å². The van der Waals surface area contributed by atoms with Crippen LogP contribution in [0, 0.1) is 0 Å². The van der Waals surface area contributed by atoms with E-state index in [1.165, 1.54) is 29.0 Å². The van der Waals surface area contributed by atoms with Crippen LogP contribution in [0.5, 0.6) is 5.75 Å². The van der Waals surface area contributed by atoms with Gasteiger partial charge in [0.05, 0.1) is 38.1 Å². The normalized spacial score (nSPS) is 15.4. The van der Waals surface area contributed by atoms with Crippen LogP contribution in [0.15, 0.2) is 42.6 Å². The monoisotopic (exact) mass is 585 g/mol. The van der Waals surface area contributed by atoms with E-state index in [0.717, 1.165) is 12.1 Å². The summed E-state index contributed by atoms with van der Waals surface area (Å²) in [5, 5.41) is 5.55. The first-order chi connectivity index (χ1) is 20.1. The van der Waals surface area contributed by atoms with Crippen LogP contribution in [-0.4, -0.2) is 68.9 Å². The number of alkyl halides is 3. The minimum Gasteiger partial charge on any atom is -0.497 e. The summed E-state index contributed by atoms with van der Waals surface area (Å²) >= 11 is 0. The number of methoxy groups -OCH3 is 1. The van der Waals surface area contributed by atoms with Crippen molar-refractivity contribution in [2.75, 3.05) is 72.3 Å². The third-order valence-corrected chi connectivity index (χ3v) is 7.01. The Morgan fingerprint density at radius 3 is 2.52 bits per heavy atom. The Bertz CT molecular complexity index is 1490. The summed E-state index contributed by atoms with van der Waals surface area (Å²) < 4.78 is 52.0. The van der Waals surface area contributed by atoms with Crippen molar-refractivity contribution < 1.29 is 32.2 Å². The first-order valence-electron chi connectivity index (χ1n) is 13.3. The molecule has 1 fully saturated rings. The van der Waals surface area contributed by atoms with Crippen LogP contribution in [0.4, 0.5) is 46.8 Å². The lowest BCUT2D eigenvalue weighted by Crippen LogP contribution is -2.48. The van der Waals surface area contributed by atoms with Gasteiger partial charge in [-0.3, -0.25) is 14.6 Å². The van der Waals surface area contributed by atoms with Gasteiger partial charge >= 0.3 is 12.2 Å². The maximum absolute atomic E-state index is 13.8. The number of morpholine rings is 1. The lowest BCUT2D eigenvalue weighted by atomic mass is 10.1. The molecule has 3 heterocycles.